The van der Waals surface area contributed by atoms with Crippen LogP contribution in [0.4, 0.5) is 4.79 Å². The van der Waals surface area contributed by atoms with Crippen molar-refractivity contribution in [1.82, 2.24) is 25.1 Å². The summed E-state index contributed by atoms with van der Waals surface area (Å²) in [7, 11) is 0. The van der Waals surface area contributed by atoms with Gasteiger partial charge >= 0.3 is 6.09 Å². The Kier molecular flexibility index (Phi) is 8.45. The number of aromatic nitrogens is 3. The third-order valence-corrected chi connectivity index (χ3v) is 5.91. The standard InChI is InChI=1S/C22H35N5O4/c1-5-7-9-18(6-2)15-29-22(28)27-11-8-10-26(12-13-27)14-19-23-21(31-25-19)20-16(3)24-30-17(20)4/h18H,5-15H2,1-4H3. The van der Waals surface area contributed by atoms with Crippen LogP contribution in [0.15, 0.2) is 9.05 Å². The average molecular weight is 434 g/mol. The second-order valence-electron chi connectivity index (χ2n) is 8.33. The van der Waals surface area contributed by atoms with Gasteiger partial charge in [-0.05, 0) is 32.6 Å². The molecule has 1 unspecified atom stereocenters. The molecule has 1 amide bonds. The smallest absolute Gasteiger partial charge is 0.409 e. The van der Waals surface area contributed by atoms with Crippen LogP contribution in [0.2, 0.25) is 0 Å². The van der Waals surface area contributed by atoms with E-state index in [1.54, 1.807) is 0 Å². The van der Waals surface area contributed by atoms with Crippen molar-refractivity contribution in [1.29, 1.82) is 0 Å². The molecule has 0 saturated carbocycles. The van der Waals surface area contributed by atoms with Gasteiger partial charge in [-0.2, -0.15) is 4.98 Å². The summed E-state index contributed by atoms with van der Waals surface area (Å²) in [6, 6.07) is 0. The van der Waals surface area contributed by atoms with Crippen LogP contribution < -0.4 is 0 Å². The van der Waals surface area contributed by atoms with E-state index in [4.69, 9.17) is 13.8 Å². The lowest BCUT2D eigenvalue weighted by atomic mass is 10.0. The zero-order chi connectivity index (χ0) is 22.2. The number of carbonyl (C=O) groups is 1. The fraction of sp³-hybridized carbons (Fsp3) is 0.727. The van der Waals surface area contributed by atoms with Crippen LogP contribution in [0, 0.1) is 19.8 Å². The van der Waals surface area contributed by atoms with Crippen molar-refractivity contribution in [2.45, 2.75) is 66.3 Å². The Morgan fingerprint density at radius 3 is 2.68 bits per heavy atom. The highest BCUT2D eigenvalue weighted by molar-refractivity contribution is 5.67. The molecule has 3 rings (SSSR count). The van der Waals surface area contributed by atoms with Gasteiger partial charge in [0.05, 0.1) is 18.8 Å². The largest absolute Gasteiger partial charge is 0.449 e. The van der Waals surface area contributed by atoms with Crippen molar-refractivity contribution in [3.63, 3.8) is 0 Å². The molecule has 1 fully saturated rings. The number of hydrogen-bond donors (Lipinski definition) is 0. The predicted octanol–water partition coefficient (Wildman–Crippen LogP) is 4.20. The molecule has 0 aliphatic carbocycles. The van der Waals surface area contributed by atoms with Crippen molar-refractivity contribution in [3.05, 3.63) is 17.3 Å². The maximum Gasteiger partial charge on any atom is 0.409 e. The molecule has 0 aromatic carbocycles. The van der Waals surface area contributed by atoms with E-state index in [9.17, 15) is 4.79 Å². The Balaban J connectivity index is 1.48. The van der Waals surface area contributed by atoms with Crippen LogP contribution in [0.1, 0.15) is 63.2 Å². The van der Waals surface area contributed by atoms with Crippen molar-refractivity contribution < 1.29 is 18.6 Å². The summed E-state index contributed by atoms with van der Waals surface area (Å²) in [5.41, 5.74) is 1.49. The zero-order valence-electron chi connectivity index (χ0n) is 19.2. The summed E-state index contributed by atoms with van der Waals surface area (Å²) in [5, 5.41) is 8.05. The number of unbranched alkanes of at least 4 members (excludes halogenated alkanes) is 1. The molecule has 9 nitrogen and oxygen atoms in total. The quantitative estimate of drug-likeness (QED) is 0.580. The van der Waals surface area contributed by atoms with Crippen molar-refractivity contribution in [3.8, 4) is 11.5 Å². The molecule has 1 aliphatic heterocycles. The molecule has 0 radical (unpaired) electrons. The van der Waals surface area contributed by atoms with Gasteiger partial charge in [-0.15, -0.1) is 0 Å². The molecule has 1 saturated heterocycles. The molecule has 0 N–H and O–H groups in total. The zero-order valence-corrected chi connectivity index (χ0v) is 19.2. The number of hydrogen-bond acceptors (Lipinski definition) is 8. The highest BCUT2D eigenvalue weighted by Crippen LogP contribution is 2.25. The maximum atomic E-state index is 12.5. The van der Waals surface area contributed by atoms with Crippen molar-refractivity contribution in [2.24, 2.45) is 5.92 Å². The van der Waals surface area contributed by atoms with Crippen molar-refractivity contribution in [2.75, 3.05) is 32.8 Å². The molecule has 1 atom stereocenters. The van der Waals surface area contributed by atoms with E-state index in [1.807, 2.05) is 18.7 Å². The van der Waals surface area contributed by atoms with Crippen LogP contribution in [-0.4, -0.2) is 64.0 Å². The first-order chi connectivity index (χ1) is 15.0. The SMILES string of the molecule is CCCCC(CC)COC(=O)N1CCCN(Cc2noc(-c3c(C)noc3C)n2)CC1. The number of carbonyl (C=O) groups excluding carboxylic acids is 1. The highest BCUT2D eigenvalue weighted by atomic mass is 16.6. The molecular formula is C22H35N5O4. The topological polar surface area (TPSA) is 97.7 Å². The van der Waals surface area contributed by atoms with E-state index >= 15 is 0 Å². The second-order valence-corrected chi connectivity index (χ2v) is 8.33. The molecule has 31 heavy (non-hydrogen) atoms. The molecule has 1 aliphatic rings. The maximum absolute atomic E-state index is 12.5. The van der Waals surface area contributed by atoms with Crippen LogP contribution in [0.25, 0.3) is 11.5 Å². The van der Waals surface area contributed by atoms with E-state index < -0.39 is 0 Å². The molecule has 172 valence electrons. The van der Waals surface area contributed by atoms with Crippen molar-refractivity contribution >= 4 is 6.09 Å². The number of ether oxygens (including phenoxy) is 1. The molecule has 2 aromatic heterocycles. The normalized spacial score (nSPS) is 16.3. The summed E-state index contributed by atoms with van der Waals surface area (Å²) < 4.78 is 16.2. The third kappa shape index (κ3) is 6.29. The highest BCUT2D eigenvalue weighted by Gasteiger charge is 2.23. The Hall–Kier alpha value is -2.42. The Morgan fingerprint density at radius 1 is 1.13 bits per heavy atom. The van der Waals surface area contributed by atoms with Crippen LogP contribution >= 0.6 is 0 Å². The Morgan fingerprint density at radius 2 is 1.97 bits per heavy atom. The van der Waals surface area contributed by atoms with Gasteiger partial charge in [-0.25, -0.2) is 4.79 Å². The summed E-state index contributed by atoms with van der Waals surface area (Å²) in [5.74, 6) is 2.17. The number of aryl methyl sites for hydroxylation is 2. The van der Waals surface area contributed by atoms with Gasteiger partial charge in [0.25, 0.3) is 5.89 Å². The Labute approximate surface area is 184 Å². The number of rotatable bonds is 9. The lowest BCUT2D eigenvalue weighted by Crippen LogP contribution is -2.36. The minimum Gasteiger partial charge on any atom is -0.449 e. The Bertz CT molecular complexity index is 814. The fourth-order valence-corrected chi connectivity index (χ4v) is 3.90. The lowest BCUT2D eigenvalue weighted by Gasteiger charge is -2.22. The first-order valence-electron chi connectivity index (χ1n) is 11.4. The average Bonchev–Trinajstić information content (AvgIpc) is 3.26. The minimum absolute atomic E-state index is 0.197. The third-order valence-electron chi connectivity index (χ3n) is 5.91. The minimum atomic E-state index is -0.197. The molecule has 0 bridgehead atoms. The number of amides is 1. The van der Waals surface area contributed by atoms with E-state index in [1.165, 1.54) is 12.8 Å². The van der Waals surface area contributed by atoms with Crippen LogP contribution in [0.5, 0.6) is 0 Å². The summed E-state index contributed by atoms with van der Waals surface area (Å²) in [6.45, 7) is 12.1. The van der Waals surface area contributed by atoms with E-state index in [0.717, 1.165) is 43.6 Å². The van der Waals surface area contributed by atoms with Gasteiger partial charge in [0.2, 0.25) is 0 Å². The second kappa shape index (κ2) is 11.3. The van der Waals surface area contributed by atoms with Crippen LogP contribution in [0.3, 0.4) is 0 Å². The first kappa shape index (κ1) is 23.2. The molecule has 0 spiro atoms. The van der Waals surface area contributed by atoms with Gasteiger partial charge in [-0.3, -0.25) is 4.90 Å². The van der Waals surface area contributed by atoms with Crippen LogP contribution in [-0.2, 0) is 11.3 Å². The van der Waals surface area contributed by atoms with E-state index in [-0.39, 0.29) is 6.09 Å². The molecule has 3 heterocycles. The summed E-state index contributed by atoms with van der Waals surface area (Å²) in [6.07, 6.45) is 5.21. The molecule has 9 heteroatoms. The summed E-state index contributed by atoms with van der Waals surface area (Å²) >= 11 is 0. The van der Waals surface area contributed by atoms with E-state index in [2.05, 4.69) is 34.0 Å². The van der Waals surface area contributed by atoms with Gasteiger partial charge in [0, 0.05) is 26.2 Å². The first-order valence-corrected chi connectivity index (χ1v) is 11.4. The van der Waals surface area contributed by atoms with Gasteiger partial charge in [0.15, 0.2) is 5.82 Å². The molecular weight excluding hydrogens is 398 g/mol. The lowest BCUT2D eigenvalue weighted by molar-refractivity contribution is 0.0856. The number of nitrogens with zero attached hydrogens (tertiary/aromatic N) is 5. The monoisotopic (exact) mass is 433 g/mol. The van der Waals surface area contributed by atoms with Gasteiger partial charge < -0.3 is 18.7 Å². The molecule has 2 aromatic rings. The predicted molar refractivity (Wildman–Crippen MR) is 115 cm³/mol. The fourth-order valence-electron chi connectivity index (χ4n) is 3.90. The van der Waals surface area contributed by atoms with E-state index in [0.29, 0.717) is 49.6 Å². The van der Waals surface area contributed by atoms with Gasteiger partial charge in [0.1, 0.15) is 11.3 Å². The summed E-state index contributed by atoms with van der Waals surface area (Å²) in [4.78, 5) is 21.1. The van der Waals surface area contributed by atoms with Gasteiger partial charge in [-0.1, -0.05) is 43.4 Å².